The third-order valence-electron chi connectivity index (χ3n) is 4.56. The predicted molar refractivity (Wildman–Crippen MR) is 127 cm³/mol. The van der Waals surface area contributed by atoms with Crippen LogP contribution in [-0.4, -0.2) is 41.4 Å². The first-order valence-corrected chi connectivity index (χ1v) is 12.4. The van der Waals surface area contributed by atoms with E-state index in [1.165, 1.54) is 24.8 Å². The van der Waals surface area contributed by atoms with Gasteiger partial charge in [0.25, 0.3) is 5.56 Å². The molecule has 0 bridgehead atoms. The van der Waals surface area contributed by atoms with E-state index in [0.717, 1.165) is 3.57 Å². The molecule has 0 radical (unpaired) electrons. The summed E-state index contributed by atoms with van der Waals surface area (Å²) in [6.45, 7) is 2.83. The Balaban J connectivity index is 1.71. The molecule has 1 aromatic carbocycles. The first kappa shape index (κ1) is 25.4. The number of nitrogens with zero attached hydrogens (tertiary/aromatic N) is 1. The van der Waals surface area contributed by atoms with Gasteiger partial charge in [0.05, 0.1) is 13.7 Å². The van der Waals surface area contributed by atoms with Crippen molar-refractivity contribution < 1.29 is 27.9 Å². The highest BCUT2D eigenvalue weighted by Gasteiger charge is 2.34. The standard InChI is InChI=1S/C20H23IN3O8P/c1-12-10-24(20(27)22-18(12)25)17-8-7-16(31-17)11-30-33(28,23-13(2)19(26)29-3)32-15-6-4-5-14(21)9-15/h4-10,13,16-17H,11H2,1-3H3,(H,23,28)(H,22,25,27)/t13?,16-,17+,33?/m0/s1. The SMILES string of the molecule is COC(=O)C(C)NP(=O)(OC[C@@H]1C=C[C@H](n2cc(C)c(=O)[nH]c2=O)O1)Oc1cccc(I)c1. The summed E-state index contributed by atoms with van der Waals surface area (Å²) in [6.07, 6.45) is 3.20. The number of carbonyl (C=O) groups excluding carboxylic acids is 1. The molecule has 11 nitrogen and oxygen atoms in total. The van der Waals surface area contributed by atoms with Crippen molar-refractivity contribution in [2.45, 2.75) is 32.2 Å². The molecule has 178 valence electrons. The molecule has 3 rings (SSSR count). The number of H-pyrrole nitrogens is 1. The number of hydrogen-bond donors (Lipinski definition) is 2. The van der Waals surface area contributed by atoms with Gasteiger partial charge in [-0.1, -0.05) is 12.1 Å². The van der Waals surface area contributed by atoms with Gasteiger partial charge in [0.15, 0.2) is 6.23 Å². The van der Waals surface area contributed by atoms with Crippen LogP contribution in [0.1, 0.15) is 18.7 Å². The van der Waals surface area contributed by atoms with Gasteiger partial charge < -0.3 is 14.0 Å². The van der Waals surface area contributed by atoms with Crippen molar-refractivity contribution in [3.63, 3.8) is 0 Å². The largest absolute Gasteiger partial charge is 0.468 e. The van der Waals surface area contributed by atoms with Crippen LogP contribution in [0.3, 0.4) is 0 Å². The maximum Gasteiger partial charge on any atom is 0.459 e. The van der Waals surface area contributed by atoms with E-state index in [1.807, 2.05) is 6.07 Å². The average Bonchev–Trinajstić information content (AvgIpc) is 3.23. The highest BCUT2D eigenvalue weighted by Crippen LogP contribution is 2.45. The number of ether oxygens (including phenoxy) is 2. The Morgan fingerprint density at radius 2 is 2.12 bits per heavy atom. The van der Waals surface area contributed by atoms with Gasteiger partial charge in [0.2, 0.25) is 0 Å². The van der Waals surface area contributed by atoms with Crippen LogP contribution in [0.15, 0.2) is 52.2 Å². The Hall–Kier alpha value is -2.25. The lowest BCUT2D eigenvalue weighted by molar-refractivity contribution is -0.142. The third-order valence-corrected chi connectivity index (χ3v) is 6.88. The van der Waals surface area contributed by atoms with E-state index in [9.17, 15) is 18.9 Å². The molecule has 0 spiro atoms. The highest BCUT2D eigenvalue weighted by molar-refractivity contribution is 14.1. The number of nitrogens with one attached hydrogen (secondary N) is 2. The Labute approximate surface area is 202 Å². The quantitative estimate of drug-likeness (QED) is 0.195. The van der Waals surface area contributed by atoms with Crippen LogP contribution in [0.2, 0.25) is 0 Å². The normalized spacial score (nSPS) is 20.2. The maximum absolute atomic E-state index is 13.4. The maximum atomic E-state index is 13.4. The second-order valence-corrected chi connectivity index (χ2v) is 10.1. The van der Waals surface area contributed by atoms with E-state index in [1.54, 1.807) is 37.3 Å². The van der Waals surface area contributed by atoms with Crippen molar-refractivity contribution in [3.8, 4) is 5.75 Å². The second kappa shape index (κ2) is 10.8. The number of hydrogen-bond acceptors (Lipinski definition) is 8. The zero-order valence-electron chi connectivity index (χ0n) is 18.0. The predicted octanol–water partition coefficient (Wildman–Crippen LogP) is 2.26. The highest BCUT2D eigenvalue weighted by atomic mass is 127. The zero-order chi connectivity index (χ0) is 24.2. The van der Waals surface area contributed by atoms with Gasteiger partial charge in [0.1, 0.15) is 17.9 Å². The molecule has 0 amide bonds. The van der Waals surface area contributed by atoms with Crippen LogP contribution in [0.25, 0.3) is 0 Å². The molecule has 0 fully saturated rings. The fourth-order valence-electron chi connectivity index (χ4n) is 2.91. The van der Waals surface area contributed by atoms with E-state index in [2.05, 4.69) is 37.4 Å². The first-order valence-electron chi connectivity index (χ1n) is 9.81. The fourth-order valence-corrected chi connectivity index (χ4v) is 4.92. The first-order chi connectivity index (χ1) is 15.6. The Bertz CT molecular complexity index is 1210. The number of aromatic nitrogens is 2. The number of aromatic amines is 1. The fraction of sp³-hybridized carbons (Fsp3) is 0.350. The molecule has 4 atom stereocenters. The smallest absolute Gasteiger partial charge is 0.459 e. The van der Waals surface area contributed by atoms with Gasteiger partial charge >= 0.3 is 19.4 Å². The van der Waals surface area contributed by atoms with Gasteiger partial charge in [-0.05, 0) is 60.7 Å². The van der Waals surface area contributed by atoms with Crippen LogP contribution in [0, 0.1) is 10.5 Å². The lowest BCUT2D eigenvalue weighted by Crippen LogP contribution is -2.35. The van der Waals surface area contributed by atoms with Gasteiger partial charge in [-0.2, -0.15) is 5.09 Å². The van der Waals surface area contributed by atoms with Crippen LogP contribution in [0.5, 0.6) is 5.75 Å². The van der Waals surface area contributed by atoms with Crippen LogP contribution >= 0.6 is 30.3 Å². The number of methoxy groups -OCH3 is 1. The molecule has 1 aliphatic heterocycles. The summed E-state index contributed by atoms with van der Waals surface area (Å²) in [5, 5.41) is 2.56. The lowest BCUT2D eigenvalue weighted by Gasteiger charge is -2.24. The second-order valence-electron chi connectivity index (χ2n) is 7.14. The molecule has 1 aromatic heterocycles. The molecular weight excluding hydrogens is 568 g/mol. The lowest BCUT2D eigenvalue weighted by atomic mass is 10.3. The Morgan fingerprint density at radius 3 is 2.82 bits per heavy atom. The Morgan fingerprint density at radius 1 is 1.36 bits per heavy atom. The summed E-state index contributed by atoms with van der Waals surface area (Å²) in [5.74, 6) is -0.360. The number of esters is 1. The van der Waals surface area contributed by atoms with Crippen LogP contribution in [0.4, 0.5) is 0 Å². The van der Waals surface area contributed by atoms with Crippen molar-refractivity contribution in [2.75, 3.05) is 13.7 Å². The average molecular weight is 591 g/mol. The summed E-state index contributed by atoms with van der Waals surface area (Å²) >= 11 is 2.08. The molecule has 13 heteroatoms. The van der Waals surface area contributed by atoms with E-state index in [4.69, 9.17) is 13.8 Å². The van der Waals surface area contributed by atoms with Gasteiger partial charge in [0, 0.05) is 15.3 Å². The molecule has 2 unspecified atom stereocenters. The van der Waals surface area contributed by atoms with E-state index >= 15 is 0 Å². The summed E-state index contributed by atoms with van der Waals surface area (Å²) in [4.78, 5) is 37.7. The minimum absolute atomic E-state index is 0.202. The number of benzene rings is 1. The summed E-state index contributed by atoms with van der Waals surface area (Å²) < 4.78 is 37.1. The molecule has 33 heavy (non-hydrogen) atoms. The minimum Gasteiger partial charge on any atom is -0.468 e. The van der Waals surface area contributed by atoms with E-state index in [-0.39, 0.29) is 12.4 Å². The Kier molecular flexibility index (Phi) is 8.29. The van der Waals surface area contributed by atoms with Crippen molar-refractivity contribution in [1.29, 1.82) is 0 Å². The van der Waals surface area contributed by atoms with Crippen LogP contribution in [-0.2, 0) is 23.4 Å². The molecule has 0 saturated heterocycles. The van der Waals surface area contributed by atoms with Crippen molar-refractivity contribution in [1.82, 2.24) is 14.6 Å². The zero-order valence-corrected chi connectivity index (χ0v) is 21.1. The number of rotatable bonds is 9. The number of halogens is 1. The molecule has 0 saturated carbocycles. The summed E-state index contributed by atoms with van der Waals surface area (Å²) in [7, 11) is -2.82. The van der Waals surface area contributed by atoms with Gasteiger partial charge in [-0.15, -0.1) is 0 Å². The van der Waals surface area contributed by atoms with Crippen molar-refractivity contribution in [2.24, 2.45) is 0 Å². The minimum atomic E-state index is -4.04. The van der Waals surface area contributed by atoms with Gasteiger partial charge in [-0.25, -0.2) is 9.36 Å². The molecule has 2 aromatic rings. The number of aryl methyl sites for hydroxylation is 1. The molecular formula is C20H23IN3O8P. The molecule has 0 aliphatic carbocycles. The topological polar surface area (TPSA) is 138 Å². The summed E-state index contributed by atoms with van der Waals surface area (Å²) in [5.41, 5.74) is -0.747. The monoisotopic (exact) mass is 591 g/mol. The van der Waals surface area contributed by atoms with E-state index < -0.39 is 43.3 Å². The van der Waals surface area contributed by atoms with Gasteiger partial charge in [-0.3, -0.25) is 23.7 Å². The summed E-state index contributed by atoms with van der Waals surface area (Å²) in [6, 6.07) is 5.85. The van der Waals surface area contributed by atoms with E-state index in [0.29, 0.717) is 5.56 Å². The molecule has 1 aliphatic rings. The molecule has 2 heterocycles. The number of carbonyl (C=O) groups is 1. The molecule has 2 N–H and O–H groups in total. The van der Waals surface area contributed by atoms with Crippen molar-refractivity contribution >= 4 is 36.3 Å². The third kappa shape index (κ3) is 6.64. The van der Waals surface area contributed by atoms with Crippen LogP contribution < -0.4 is 20.9 Å². The van der Waals surface area contributed by atoms with Crippen molar-refractivity contribution in [3.05, 3.63) is 72.6 Å².